The summed E-state index contributed by atoms with van der Waals surface area (Å²) in [6.07, 6.45) is 6.12. The molecule has 1 atom stereocenters. The maximum atomic E-state index is 13.1. The van der Waals surface area contributed by atoms with E-state index in [9.17, 15) is 4.39 Å². The van der Waals surface area contributed by atoms with Crippen molar-refractivity contribution in [1.29, 1.82) is 0 Å². The average molecular weight is 443 g/mol. The van der Waals surface area contributed by atoms with Gasteiger partial charge in [0.25, 0.3) is 0 Å². The molecule has 2 aliphatic rings. The Morgan fingerprint density at radius 2 is 1.71 bits per heavy atom. The predicted octanol–water partition coefficient (Wildman–Crippen LogP) is 4.33. The van der Waals surface area contributed by atoms with Gasteiger partial charge in [-0.3, -0.25) is 0 Å². The Labute approximate surface area is 189 Å². The molecule has 166 valence electrons. The summed E-state index contributed by atoms with van der Waals surface area (Å²) >= 11 is 5.48. The number of hydrogen-bond donors (Lipinski definition) is 2. The third kappa shape index (κ3) is 6.03. The third-order valence-corrected chi connectivity index (χ3v) is 6.20. The second-order valence-electron chi connectivity index (χ2n) is 8.58. The van der Waals surface area contributed by atoms with Crippen molar-refractivity contribution in [2.24, 2.45) is 5.92 Å². The number of benzene rings is 1. The summed E-state index contributed by atoms with van der Waals surface area (Å²) in [6, 6.07) is 8.51. The smallest absolute Gasteiger partial charge is 0.232 e. The van der Waals surface area contributed by atoms with Gasteiger partial charge in [-0.2, -0.15) is 9.97 Å². The zero-order chi connectivity index (χ0) is 21.6. The first-order chi connectivity index (χ1) is 15.1. The van der Waals surface area contributed by atoms with E-state index in [1.54, 1.807) is 12.1 Å². The fourth-order valence-corrected chi connectivity index (χ4v) is 4.42. The Morgan fingerprint density at radius 3 is 2.42 bits per heavy atom. The minimum absolute atomic E-state index is 0.244. The second-order valence-corrected chi connectivity index (χ2v) is 8.99. The lowest BCUT2D eigenvalue weighted by molar-refractivity contribution is 0.444. The van der Waals surface area contributed by atoms with Crippen molar-refractivity contribution in [2.75, 3.05) is 41.3 Å². The average Bonchev–Trinajstić information content (AvgIpc) is 2.79. The molecule has 2 N–H and O–H groups in total. The van der Waals surface area contributed by atoms with Gasteiger partial charge in [-0.15, -0.1) is 0 Å². The number of nitrogens with zero attached hydrogens (tertiary/aromatic N) is 4. The fraction of sp³-hybridized carbons (Fsp3) is 0.522. The van der Waals surface area contributed by atoms with Crippen LogP contribution in [0.25, 0.3) is 0 Å². The van der Waals surface area contributed by atoms with Crippen molar-refractivity contribution in [1.82, 2.24) is 15.3 Å². The minimum atomic E-state index is -0.244. The van der Waals surface area contributed by atoms with Gasteiger partial charge < -0.3 is 20.4 Å². The number of halogens is 1. The van der Waals surface area contributed by atoms with Crippen LogP contribution in [0.3, 0.4) is 0 Å². The van der Waals surface area contributed by atoms with Crippen molar-refractivity contribution in [3.05, 3.63) is 41.7 Å². The van der Waals surface area contributed by atoms with Crippen LogP contribution in [0.15, 0.2) is 30.3 Å². The number of aromatic nitrogens is 2. The molecule has 2 aliphatic heterocycles. The van der Waals surface area contributed by atoms with Crippen LogP contribution in [0.4, 0.5) is 22.0 Å². The van der Waals surface area contributed by atoms with Gasteiger partial charge in [0.05, 0.1) is 0 Å². The molecule has 3 heterocycles. The molecular weight excluding hydrogens is 411 g/mol. The van der Waals surface area contributed by atoms with E-state index in [2.05, 4.69) is 33.4 Å². The summed E-state index contributed by atoms with van der Waals surface area (Å²) in [5, 5.41) is 6.78. The lowest BCUT2D eigenvalue weighted by Gasteiger charge is -2.33. The highest BCUT2D eigenvalue weighted by atomic mass is 32.1. The van der Waals surface area contributed by atoms with Crippen LogP contribution in [0, 0.1) is 11.7 Å². The Morgan fingerprint density at radius 1 is 1.03 bits per heavy atom. The predicted molar refractivity (Wildman–Crippen MR) is 128 cm³/mol. The van der Waals surface area contributed by atoms with E-state index < -0.39 is 0 Å². The molecule has 1 unspecified atom stereocenters. The number of anilines is 3. The summed E-state index contributed by atoms with van der Waals surface area (Å²) in [5.41, 5.74) is 0.955. The van der Waals surface area contributed by atoms with E-state index in [0.29, 0.717) is 23.5 Å². The van der Waals surface area contributed by atoms with Crippen molar-refractivity contribution < 1.29 is 4.39 Å². The lowest BCUT2D eigenvalue weighted by Crippen LogP contribution is -2.36. The highest BCUT2D eigenvalue weighted by molar-refractivity contribution is 7.80. The molecule has 0 saturated carbocycles. The second kappa shape index (κ2) is 10.2. The normalized spacial score (nSPS) is 19.2. The molecule has 1 aromatic carbocycles. The molecule has 0 radical (unpaired) electrons. The van der Waals surface area contributed by atoms with Gasteiger partial charge in [-0.25, -0.2) is 4.39 Å². The number of hydrogen-bond acceptors (Lipinski definition) is 5. The molecule has 1 aromatic heterocycles. The Kier molecular flexibility index (Phi) is 7.17. The van der Waals surface area contributed by atoms with Gasteiger partial charge in [-0.05, 0) is 67.9 Å². The lowest BCUT2D eigenvalue weighted by atomic mass is 10.0. The molecule has 0 amide bonds. The largest absolute Gasteiger partial charge is 0.358 e. The van der Waals surface area contributed by atoms with Gasteiger partial charge >= 0.3 is 0 Å². The summed E-state index contributed by atoms with van der Waals surface area (Å²) in [7, 11) is 0. The van der Waals surface area contributed by atoms with Crippen molar-refractivity contribution in [3.8, 4) is 0 Å². The molecule has 4 rings (SSSR count). The maximum Gasteiger partial charge on any atom is 0.232 e. The first-order valence-electron chi connectivity index (χ1n) is 11.2. The molecule has 31 heavy (non-hydrogen) atoms. The van der Waals surface area contributed by atoms with Crippen LogP contribution in [-0.2, 0) is 6.54 Å². The van der Waals surface area contributed by atoms with Crippen LogP contribution < -0.4 is 20.4 Å². The Bertz CT molecular complexity index is 884. The van der Waals surface area contributed by atoms with Crippen LogP contribution >= 0.6 is 12.2 Å². The third-order valence-electron chi connectivity index (χ3n) is 5.95. The molecule has 0 aliphatic carbocycles. The zero-order valence-corrected chi connectivity index (χ0v) is 18.9. The molecular formula is C23H31FN6S. The molecule has 8 heteroatoms. The first-order valence-corrected chi connectivity index (χ1v) is 11.7. The highest BCUT2D eigenvalue weighted by Gasteiger charge is 2.21. The van der Waals surface area contributed by atoms with E-state index in [1.807, 2.05) is 0 Å². The Balaban J connectivity index is 1.48. The standard InChI is InChI=1S/C23H31FN6S/c1-17-6-5-13-30(16-17)21-14-20(29-11-3-2-4-12-29)26-22(27-21)28-23(31)25-15-18-7-9-19(24)10-8-18/h7-10,14,17H,2-6,11-13,15-16H2,1H3,(H2,25,26,27,28,31). The van der Waals surface area contributed by atoms with Gasteiger partial charge in [-0.1, -0.05) is 19.1 Å². The summed E-state index contributed by atoms with van der Waals surface area (Å²) in [5.74, 6) is 2.87. The van der Waals surface area contributed by atoms with Crippen molar-refractivity contribution in [2.45, 2.75) is 45.6 Å². The van der Waals surface area contributed by atoms with Gasteiger partial charge in [0.1, 0.15) is 17.5 Å². The molecule has 2 fully saturated rings. The van der Waals surface area contributed by atoms with Gasteiger partial charge in [0.15, 0.2) is 5.11 Å². The van der Waals surface area contributed by atoms with E-state index in [0.717, 1.165) is 43.4 Å². The monoisotopic (exact) mass is 442 g/mol. The van der Waals surface area contributed by atoms with E-state index in [-0.39, 0.29) is 5.82 Å². The van der Waals surface area contributed by atoms with Crippen molar-refractivity contribution in [3.63, 3.8) is 0 Å². The molecule has 2 aromatic rings. The first kappa shape index (κ1) is 21.7. The number of rotatable bonds is 5. The van der Waals surface area contributed by atoms with E-state index in [1.165, 1.54) is 44.2 Å². The van der Waals surface area contributed by atoms with E-state index in [4.69, 9.17) is 22.2 Å². The molecule has 0 bridgehead atoms. The molecule has 0 spiro atoms. The van der Waals surface area contributed by atoms with Gasteiger partial charge in [0.2, 0.25) is 5.95 Å². The summed E-state index contributed by atoms with van der Waals surface area (Å²) in [6.45, 7) is 6.90. The Hall–Kier alpha value is -2.48. The van der Waals surface area contributed by atoms with Gasteiger partial charge in [0, 0.05) is 38.8 Å². The van der Waals surface area contributed by atoms with Crippen molar-refractivity contribution >= 4 is 34.9 Å². The SMILES string of the molecule is CC1CCCN(c2cc(N3CCCCC3)nc(NC(=S)NCc3ccc(F)cc3)n2)C1. The number of nitrogens with one attached hydrogen (secondary N) is 2. The van der Waals surface area contributed by atoms with Crippen LogP contribution in [-0.4, -0.2) is 41.3 Å². The van der Waals surface area contributed by atoms with Crippen LogP contribution in [0.1, 0.15) is 44.6 Å². The highest BCUT2D eigenvalue weighted by Crippen LogP contribution is 2.27. The maximum absolute atomic E-state index is 13.1. The molecule has 2 saturated heterocycles. The zero-order valence-electron chi connectivity index (χ0n) is 18.1. The van der Waals surface area contributed by atoms with Crippen LogP contribution in [0.2, 0.25) is 0 Å². The quantitative estimate of drug-likeness (QED) is 0.669. The minimum Gasteiger partial charge on any atom is -0.358 e. The summed E-state index contributed by atoms with van der Waals surface area (Å²) in [4.78, 5) is 14.3. The van der Waals surface area contributed by atoms with E-state index >= 15 is 0 Å². The summed E-state index contributed by atoms with van der Waals surface area (Å²) < 4.78 is 13.1. The number of thiocarbonyl (C=S) groups is 1. The fourth-order valence-electron chi connectivity index (χ4n) is 4.25. The number of piperidine rings is 2. The molecule has 6 nitrogen and oxygen atoms in total. The topological polar surface area (TPSA) is 56.3 Å². The van der Waals surface area contributed by atoms with Crippen LogP contribution in [0.5, 0.6) is 0 Å².